The second-order valence-corrected chi connectivity index (χ2v) is 22.1. The number of hydrogen-bond donors (Lipinski definition) is 10. The Balaban J connectivity index is 0.868. The third kappa shape index (κ3) is 14.3. The van der Waals surface area contributed by atoms with E-state index in [2.05, 4.69) is 61.4 Å². The maximum atomic E-state index is 12.7. The minimum atomic E-state index is -5.01. The number of aromatic carboxylic acids is 2. The van der Waals surface area contributed by atoms with Gasteiger partial charge in [0.1, 0.15) is 45.4 Å². The van der Waals surface area contributed by atoms with Crippen molar-refractivity contribution in [3.05, 3.63) is 193 Å². The van der Waals surface area contributed by atoms with E-state index in [1.165, 1.54) is 60.7 Å². The van der Waals surface area contributed by atoms with Crippen molar-refractivity contribution < 1.29 is 56.0 Å². The Morgan fingerprint density at radius 1 is 0.300 bits per heavy atom. The lowest BCUT2D eigenvalue weighted by molar-refractivity contribution is 0.0682. The molecule has 0 spiro atoms. The Kier molecular flexibility index (Phi) is 17.1. The van der Waals surface area contributed by atoms with E-state index in [4.69, 9.17) is 22.9 Å². The molecule has 0 aliphatic carbocycles. The van der Waals surface area contributed by atoms with Crippen molar-refractivity contribution >= 4 is 134 Å². The van der Waals surface area contributed by atoms with E-state index in [1.807, 2.05) is 0 Å². The second kappa shape index (κ2) is 25.3. The highest BCUT2D eigenvalue weighted by Gasteiger charge is 2.21. The zero-order valence-corrected chi connectivity index (χ0v) is 47.6. The lowest BCUT2D eigenvalue weighted by Crippen LogP contribution is -2.00. The summed E-state index contributed by atoms with van der Waals surface area (Å²) >= 11 is 0. The van der Waals surface area contributed by atoms with Crippen molar-refractivity contribution in [3.63, 3.8) is 0 Å². The number of carbonyl (C=O) groups is 2. The number of anilines is 4. The van der Waals surface area contributed by atoms with Crippen LogP contribution in [-0.2, 0) is 20.2 Å². The molecule has 0 aliphatic rings. The summed E-state index contributed by atoms with van der Waals surface area (Å²) in [5, 5.41) is 88.1. The molecule has 28 nitrogen and oxygen atoms in total. The smallest absolute Gasteiger partial charge is 0.339 e. The third-order valence-corrected chi connectivity index (χ3v) is 14.8. The second-order valence-electron chi connectivity index (χ2n) is 19.3. The van der Waals surface area contributed by atoms with Gasteiger partial charge >= 0.3 is 11.9 Å². The Morgan fingerprint density at radius 2 is 0.544 bits per heavy atom. The van der Waals surface area contributed by atoms with Crippen molar-refractivity contribution in [1.29, 1.82) is 0 Å². The number of nitrogens with zero attached hydrogens (tertiary/aromatic N) is 12. The van der Waals surface area contributed by atoms with Gasteiger partial charge in [-0.1, -0.05) is 48.5 Å². The summed E-state index contributed by atoms with van der Waals surface area (Å²) in [4.78, 5) is 21.3. The van der Waals surface area contributed by atoms with Gasteiger partial charge in [-0.05, 0) is 156 Å². The fraction of sp³-hybridized carbons (Fsp3) is 0. The summed E-state index contributed by atoms with van der Waals surface area (Å²) < 4.78 is 71.5. The van der Waals surface area contributed by atoms with E-state index in [0.29, 0.717) is 22.7 Å². The summed E-state index contributed by atoms with van der Waals surface area (Å²) in [6, 6.07) is 44.8. The fourth-order valence-electron chi connectivity index (χ4n) is 8.47. The van der Waals surface area contributed by atoms with Crippen LogP contribution in [0, 0.1) is 0 Å². The SMILES string of the molecule is Nc1cc(N)c(N=Nc2cc(S(=O)(=O)O)cc3c(N=Nc4cc(N=Nc5ccc(-c6ccc(N=Nc7ccc(O)c(C(=O)O)c7)cc6)cc5)c(N)cc4N)cc(S(=O)(=O)O)cc23)cc1N=Nc1ccc(-c2ccc(N=Nc3ccc(O)c(C(=O)O)c3)cc2)cc1. The number of rotatable bonds is 18. The zero-order chi connectivity index (χ0) is 64.0. The molecular formula is C60H44N16O12S2. The number of fused-ring (bicyclic) bond motifs is 1. The average molecular weight is 1250 g/mol. The van der Waals surface area contributed by atoms with Gasteiger partial charge in [-0.15, -0.1) is 30.7 Å². The quantitative estimate of drug-likeness (QED) is 0.0217. The summed E-state index contributed by atoms with van der Waals surface area (Å²) in [6.07, 6.45) is 0. The Hall–Kier alpha value is -12.4. The molecule has 448 valence electrons. The third-order valence-electron chi connectivity index (χ3n) is 13.1. The van der Waals surface area contributed by atoms with Gasteiger partial charge in [0, 0.05) is 10.8 Å². The van der Waals surface area contributed by atoms with Crippen molar-refractivity contribution in [2.75, 3.05) is 22.9 Å². The molecule has 10 rings (SSSR count). The molecule has 10 aromatic carbocycles. The normalized spacial score (nSPS) is 12.2. The van der Waals surface area contributed by atoms with Gasteiger partial charge in [0.25, 0.3) is 20.2 Å². The molecule has 0 bridgehead atoms. The number of nitrogen functional groups attached to an aromatic ring is 4. The van der Waals surface area contributed by atoms with Crippen molar-refractivity contribution in [2.24, 2.45) is 61.4 Å². The standard InChI is InChI=1S/C60H44N16O12S2/c61-47-27-49(63)55(29-53(47)73-67-37-13-5-33(6-14-37)31-1-9-35(10-2-31)65-69-39-17-19-57(77)45(21-39)59(79)80)75-71-51-25-41(89(83,84)85)24-44-43(51)23-42(90(86,87)88)26-52(44)72-76-56-30-54(48(62)28-50(56)64)74-68-38-15-7-34(8-16-38)32-3-11-36(12-4-32)66-70-40-18-20-58(78)46(22-40)60(81)82/h1-30,77-78H,61-64H2,(H,79,80)(H,81,82)(H,83,84,85)(H,86,87,88). The van der Waals surface area contributed by atoms with Crippen LogP contribution in [0.4, 0.5) is 91.0 Å². The molecule has 0 atom stereocenters. The number of carboxylic acid groups (broad SMARTS) is 2. The molecule has 0 fully saturated rings. The Labute approximate surface area is 508 Å². The first-order valence-corrected chi connectivity index (χ1v) is 28.8. The number of azo groups is 6. The lowest BCUT2D eigenvalue weighted by Gasteiger charge is -2.10. The fourth-order valence-corrected chi connectivity index (χ4v) is 9.53. The topological polar surface area (TPSA) is 476 Å². The largest absolute Gasteiger partial charge is 0.507 e. The Morgan fingerprint density at radius 3 is 0.822 bits per heavy atom. The van der Waals surface area contributed by atoms with Gasteiger partial charge in [-0.2, -0.15) is 47.5 Å². The molecule has 0 aliphatic heterocycles. The van der Waals surface area contributed by atoms with Crippen LogP contribution in [0.15, 0.2) is 253 Å². The highest BCUT2D eigenvalue weighted by Crippen LogP contribution is 2.43. The van der Waals surface area contributed by atoms with Crippen LogP contribution in [0.1, 0.15) is 20.7 Å². The minimum absolute atomic E-state index is 0.0170. The van der Waals surface area contributed by atoms with Gasteiger partial charge in [0.15, 0.2) is 0 Å². The van der Waals surface area contributed by atoms with E-state index >= 15 is 0 Å². The molecule has 0 heterocycles. The van der Waals surface area contributed by atoms with Crippen LogP contribution in [0.3, 0.4) is 0 Å². The first kappa shape index (κ1) is 60.7. The highest BCUT2D eigenvalue weighted by molar-refractivity contribution is 7.86. The maximum Gasteiger partial charge on any atom is 0.339 e. The number of benzene rings is 10. The average Bonchev–Trinajstić information content (AvgIpc) is 0.798. The van der Waals surface area contributed by atoms with Crippen molar-refractivity contribution in [2.45, 2.75) is 9.79 Å². The zero-order valence-electron chi connectivity index (χ0n) is 45.9. The first-order valence-electron chi connectivity index (χ1n) is 25.9. The highest BCUT2D eigenvalue weighted by atomic mass is 32.2. The molecule has 0 amide bonds. The summed E-state index contributed by atoms with van der Waals surface area (Å²) in [7, 11) is -10.0. The van der Waals surface area contributed by atoms with Crippen LogP contribution in [0.25, 0.3) is 33.0 Å². The monoisotopic (exact) mass is 1240 g/mol. The number of nitrogens with two attached hydrogens (primary N) is 4. The molecule has 10 aromatic rings. The lowest BCUT2D eigenvalue weighted by atomic mass is 10.1. The number of aromatic hydroxyl groups is 2. The summed E-state index contributed by atoms with van der Waals surface area (Å²) in [6.45, 7) is 0. The van der Waals surface area contributed by atoms with Crippen LogP contribution < -0.4 is 22.9 Å². The van der Waals surface area contributed by atoms with Gasteiger partial charge in [0.2, 0.25) is 0 Å². The Bertz CT molecular complexity index is 4640. The van der Waals surface area contributed by atoms with Crippen molar-refractivity contribution in [1.82, 2.24) is 0 Å². The molecule has 0 saturated carbocycles. The van der Waals surface area contributed by atoms with E-state index in [9.17, 15) is 56.0 Å². The van der Waals surface area contributed by atoms with Gasteiger partial charge in [-0.3, -0.25) is 9.11 Å². The molecule has 90 heavy (non-hydrogen) atoms. The summed E-state index contributed by atoms with van der Waals surface area (Å²) in [5.74, 6) is -3.40. The molecule has 30 heteroatoms. The van der Waals surface area contributed by atoms with E-state index < -0.39 is 53.5 Å². The molecule has 0 aromatic heterocycles. The predicted octanol–water partition coefficient (Wildman–Crippen LogP) is 16.3. The molecule has 0 saturated heterocycles. The van der Waals surface area contributed by atoms with Crippen LogP contribution in [0.2, 0.25) is 0 Å². The maximum absolute atomic E-state index is 12.7. The number of carboxylic acids is 2. The van der Waals surface area contributed by atoms with E-state index in [0.717, 1.165) is 46.5 Å². The molecular weight excluding hydrogens is 1200 g/mol. The van der Waals surface area contributed by atoms with Gasteiger partial charge < -0.3 is 43.4 Å². The molecule has 0 radical (unpaired) electrons. The minimum Gasteiger partial charge on any atom is -0.507 e. The van der Waals surface area contributed by atoms with Crippen molar-refractivity contribution in [3.8, 4) is 33.8 Å². The van der Waals surface area contributed by atoms with Crippen LogP contribution >= 0.6 is 0 Å². The molecule has 14 N–H and O–H groups in total. The van der Waals surface area contributed by atoms with E-state index in [1.54, 1.807) is 97.1 Å². The number of hydrogen-bond acceptors (Lipinski definition) is 24. The van der Waals surface area contributed by atoms with E-state index in [-0.39, 0.29) is 90.1 Å². The number of phenols is 2. The van der Waals surface area contributed by atoms with Gasteiger partial charge in [0.05, 0.1) is 78.0 Å². The van der Waals surface area contributed by atoms with Crippen LogP contribution in [-0.4, -0.2) is 58.3 Å². The predicted molar refractivity (Wildman–Crippen MR) is 333 cm³/mol. The first-order chi connectivity index (χ1) is 42.9. The molecule has 0 unspecified atom stereocenters. The van der Waals surface area contributed by atoms with Gasteiger partial charge in [-0.25, -0.2) is 9.59 Å². The summed E-state index contributed by atoms with van der Waals surface area (Å²) in [5.41, 5.74) is 29.5. The van der Waals surface area contributed by atoms with Crippen LogP contribution in [0.5, 0.6) is 11.5 Å².